The monoisotopic (exact) mass is 197 g/mol. The normalized spacial score (nSPS) is 30.2. The molecule has 0 aromatic carbocycles. The largest absolute Gasteiger partial charge is 0.306 e. The van der Waals surface area contributed by atoms with Gasteiger partial charge in [0.25, 0.3) is 0 Å². The van der Waals surface area contributed by atoms with Gasteiger partial charge < -0.3 is 4.48 Å². The van der Waals surface area contributed by atoms with E-state index in [0.29, 0.717) is 5.54 Å². The maximum Gasteiger partial charge on any atom is 0.135 e. The number of quaternary nitrogens is 1. The number of nitrogens with zero attached hydrogens (tertiary/aromatic N) is 2. The van der Waals surface area contributed by atoms with E-state index in [0.717, 1.165) is 0 Å². The summed E-state index contributed by atoms with van der Waals surface area (Å²) in [6.45, 7) is 14.0. The molecular weight excluding hydrogens is 172 g/mol. The topological polar surface area (TPSA) is 3.24 Å². The molecule has 0 atom stereocenters. The van der Waals surface area contributed by atoms with E-state index in [1.54, 1.807) is 0 Å². The molecule has 2 heteroatoms. The molecule has 2 nitrogen and oxygen atoms in total. The molecule has 0 bridgehead atoms. The molecule has 0 unspecified atom stereocenters. The zero-order valence-electron chi connectivity index (χ0n) is 10.1. The molecule has 2 rings (SSSR count). The standard InChI is InChI=1S/C12H25N2/c1-4-7-13-10-12(2,3)14(11-13)8-5-6-9-14/h4-11H2,1-3H3/q+1. The van der Waals surface area contributed by atoms with Crippen LogP contribution in [-0.2, 0) is 0 Å². The van der Waals surface area contributed by atoms with Crippen molar-refractivity contribution in [3.05, 3.63) is 0 Å². The fraction of sp³-hybridized carbons (Fsp3) is 1.00. The molecule has 14 heavy (non-hydrogen) atoms. The van der Waals surface area contributed by atoms with Gasteiger partial charge in [-0.1, -0.05) is 6.92 Å². The Balaban J connectivity index is 2.10. The number of hydrogen-bond donors (Lipinski definition) is 0. The van der Waals surface area contributed by atoms with Crippen molar-refractivity contribution >= 4 is 0 Å². The predicted molar refractivity (Wildman–Crippen MR) is 60.0 cm³/mol. The van der Waals surface area contributed by atoms with E-state index < -0.39 is 0 Å². The van der Waals surface area contributed by atoms with Gasteiger partial charge in [-0.15, -0.1) is 0 Å². The second-order valence-corrected chi connectivity index (χ2v) is 5.81. The van der Waals surface area contributed by atoms with Gasteiger partial charge in [-0.3, -0.25) is 4.90 Å². The molecule has 0 aromatic rings. The van der Waals surface area contributed by atoms with Crippen molar-refractivity contribution in [1.82, 2.24) is 4.90 Å². The minimum Gasteiger partial charge on any atom is -0.306 e. The molecule has 0 N–H and O–H groups in total. The summed E-state index contributed by atoms with van der Waals surface area (Å²) in [5.74, 6) is 0. The van der Waals surface area contributed by atoms with E-state index in [9.17, 15) is 0 Å². The zero-order chi connectivity index (χ0) is 10.2. The second kappa shape index (κ2) is 3.49. The SMILES string of the molecule is CCCN1CC(C)(C)[N+]2(CCCC2)C1. The van der Waals surface area contributed by atoms with Crippen molar-refractivity contribution < 1.29 is 4.48 Å². The third-order valence-corrected chi connectivity index (χ3v) is 4.33. The molecule has 2 aliphatic rings. The molecule has 0 saturated carbocycles. The summed E-state index contributed by atoms with van der Waals surface area (Å²) in [7, 11) is 0. The number of hydrogen-bond acceptors (Lipinski definition) is 1. The fourth-order valence-corrected chi connectivity index (χ4v) is 3.47. The lowest BCUT2D eigenvalue weighted by Crippen LogP contribution is -2.56. The van der Waals surface area contributed by atoms with Gasteiger partial charge in [0.1, 0.15) is 12.2 Å². The molecule has 0 aliphatic carbocycles. The highest BCUT2D eigenvalue weighted by atomic mass is 15.5. The third kappa shape index (κ3) is 1.49. The van der Waals surface area contributed by atoms with Crippen molar-refractivity contribution in [3.63, 3.8) is 0 Å². The molecule has 2 aliphatic heterocycles. The first-order valence-electron chi connectivity index (χ1n) is 6.18. The Bertz CT molecular complexity index is 204. The smallest absolute Gasteiger partial charge is 0.135 e. The lowest BCUT2D eigenvalue weighted by molar-refractivity contribution is -0.952. The molecule has 0 amide bonds. The van der Waals surface area contributed by atoms with Gasteiger partial charge in [-0.05, 0) is 20.3 Å². The lowest BCUT2D eigenvalue weighted by atomic mass is 10.0. The molecule has 1 spiro atoms. The average molecular weight is 197 g/mol. The number of rotatable bonds is 2. The Morgan fingerprint density at radius 2 is 1.86 bits per heavy atom. The first-order valence-corrected chi connectivity index (χ1v) is 6.18. The Labute approximate surface area is 88.5 Å². The molecular formula is C12H25N2+. The van der Waals surface area contributed by atoms with Crippen LogP contribution in [0.1, 0.15) is 40.0 Å². The average Bonchev–Trinajstić information content (AvgIpc) is 2.61. The van der Waals surface area contributed by atoms with Crippen molar-refractivity contribution in [2.24, 2.45) is 0 Å². The predicted octanol–water partition coefficient (Wildman–Crippen LogP) is 2.06. The summed E-state index contributed by atoms with van der Waals surface area (Å²) in [6, 6.07) is 0. The summed E-state index contributed by atoms with van der Waals surface area (Å²) in [4.78, 5) is 2.67. The van der Waals surface area contributed by atoms with Crippen molar-refractivity contribution in [2.45, 2.75) is 45.6 Å². The van der Waals surface area contributed by atoms with Crippen LogP contribution in [0.2, 0.25) is 0 Å². The second-order valence-electron chi connectivity index (χ2n) is 5.81. The Morgan fingerprint density at radius 1 is 1.21 bits per heavy atom. The van der Waals surface area contributed by atoms with E-state index in [1.807, 2.05) is 0 Å². The minimum atomic E-state index is 0.506. The Morgan fingerprint density at radius 3 is 2.43 bits per heavy atom. The lowest BCUT2D eigenvalue weighted by Gasteiger charge is -2.40. The van der Waals surface area contributed by atoms with Gasteiger partial charge in [0, 0.05) is 19.4 Å². The van der Waals surface area contributed by atoms with Crippen LogP contribution in [-0.4, -0.2) is 47.8 Å². The van der Waals surface area contributed by atoms with Crippen LogP contribution in [0.5, 0.6) is 0 Å². The van der Waals surface area contributed by atoms with Crippen molar-refractivity contribution in [2.75, 3.05) is 32.8 Å². The summed E-state index contributed by atoms with van der Waals surface area (Å²) in [5.41, 5.74) is 0.506. The highest BCUT2D eigenvalue weighted by molar-refractivity contribution is 4.83. The first kappa shape index (κ1) is 10.4. The highest BCUT2D eigenvalue weighted by Crippen LogP contribution is 2.37. The van der Waals surface area contributed by atoms with E-state index >= 15 is 0 Å². The van der Waals surface area contributed by atoms with Crippen molar-refractivity contribution in [1.29, 1.82) is 0 Å². The fourth-order valence-electron chi connectivity index (χ4n) is 3.47. The van der Waals surface area contributed by atoms with Crippen LogP contribution >= 0.6 is 0 Å². The maximum atomic E-state index is 2.67. The zero-order valence-corrected chi connectivity index (χ0v) is 10.1. The van der Waals surface area contributed by atoms with Gasteiger partial charge in [0.2, 0.25) is 0 Å². The van der Waals surface area contributed by atoms with Gasteiger partial charge in [0.05, 0.1) is 19.6 Å². The van der Waals surface area contributed by atoms with E-state index in [2.05, 4.69) is 25.7 Å². The molecule has 0 aromatic heterocycles. The van der Waals surface area contributed by atoms with Crippen LogP contribution in [0.15, 0.2) is 0 Å². The summed E-state index contributed by atoms with van der Waals surface area (Å²) >= 11 is 0. The van der Waals surface area contributed by atoms with Crippen LogP contribution in [0.3, 0.4) is 0 Å². The van der Waals surface area contributed by atoms with Crippen LogP contribution < -0.4 is 0 Å². The Kier molecular flexibility index (Phi) is 2.61. The van der Waals surface area contributed by atoms with Gasteiger partial charge >= 0.3 is 0 Å². The maximum absolute atomic E-state index is 2.67. The molecule has 2 fully saturated rings. The van der Waals surface area contributed by atoms with Crippen LogP contribution in [0, 0.1) is 0 Å². The molecule has 82 valence electrons. The summed E-state index contributed by atoms with van der Waals surface area (Å²) in [6.07, 6.45) is 4.20. The van der Waals surface area contributed by atoms with Gasteiger partial charge in [-0.2, -0.15) is 0 Å². The van der Waals surface area contributed by atoms with Crippen LogP contribution in [0.4, 0.5) is 0 Å². The third-order valence-electron chi connectivity index (χ3n) is 4.33. The first-order chi connectivity index (χ1) is 6.60. The molecule has 2 saturated heterocycles. The van der Waals surface area contributed by atoms with Gasteiger partial charge in [0.15, 0.2) is 0 Å². The van der Waals surface area contributed by atoms with Crippen LogP contribution in [0.25, 0.3) is 0 Å². The summed E-state index contributed by atoms with van der Waals surface area (Å²) < 4.78 is 1.38. The molecule has 0 radical (unpaired) electrons. The highest BCUT2D eigenvalue weighted by Gasteiger charge is 2.52. The molecule has 2 heterocycles. The van der Waals surface area contributed by atoms with E-state index in [1.165, 1.54) is 56.6 Å². The minimum absolute atomic E-state index is 0.506. The Hall–Kier alpha value is -0.0800. The quantitative estimate of drug-likeness (QED) is 0.613. The van der Waals surface area contributed by atoms with E-state index in [-0.39, 0.29) is 0 Å². The van der Waals surface area contributed by atoms with E-state index in [4.69, 9.17) is 0 Å². The van der Waals surface area contributed by atoms with Crippen molar-refractivity contribution in [3.8, 4) is 0 Å². The summed E-state index contributed by atoms with van der Waals surface area (Å²) in [5, 5.41) is 0. The van der Waals surface area contributed by atoms with Gasteiger partial charge in [-0.25, -0.2) is 0 Å².